The monoisotopic (exact) mass is 372 g/mol. The van der Waals surface area contributed by atoms with Crippen LogP contribution in [0.3, 0.4) is 0 Å². The maximum Gasteiger partial charge on any atom is 0.254 e. The van der Waals surface area contributed by atoms with Crippen molar-refractivity contribution >= 4 is 17.4 Å². The molecule has 0 N–H and O–H groups in total. The van der Waals surface area contributed by atoms with Gasteiger partial charge in [-0.05, 0) is 48.9 Å². The summed E-state index contributed by atoms with van der Waals surface area (Å²) in [7, 11) is 0. The minimum Gasteiger partial charge on any atom is -0.368 e. The molecular formula is C21H22F2N2O2. The Bertz CT molecular complexity index is 829. The van der Waals surface area contributed by atoms with Crippen LogP contribution >= 0.6 is 0 Å². The summed E-state index contributed by atoms with van der Waals surface area (Å²) in [6, 6.07) is 10.7. The van der Waals surface area contributed by atoms with Crippen molar-refractivity contribution in [3.05, 3.63) is 65.2 Å². The van der Waals surface area contributed by atoms with Gasteiger partial charge in [0, 0.05) is 49.4 Å². The molecular weight excluding hydrogens is 350 g/mol. The van der Waals surface area contributed by atoms with E-state index in [0.29, 0.717) is 38.2 Å². The number of nitrogens with zero attached hydrogens (tertiary/aromatic N) is 2. The Kier molecular flexibility index (Phi) is 5.84. The molecule has 0 bridgehead atoms. The van der Waals surface area contributed by atoms with Crippen LogP contribution in [0.15, 0.2) is 42.5 Å². The van der Waals surface area contributed by atoms with E-state index < -0.39 is 11.6 Å². The van der Waals surface area contributed by atoms with Gasteiger partial charge in [0.15, 0.2) is 17.4 Å². The van der Waals surface area contributed by atoms with Gasteiger partial charge in [-0.2, -0.15) is 0 Å². The van der Waals surface area contributed by atoms with Gasteiger partial charge in [-0.15, -0.1) is 0 Å². The van der Waals surface area contributed by atoms with E-state index in [4.69, 9.17) is 0 Å². The zero-order valence-corrected chi connectivity index (χ0v) is 15.3. The van der Waals surface area contributed by atoms with Crippen molar-refractivity contribution < 1.29 is 18.4 Å². The average molecular weight is 372 g/mol. The average Bonchev–Trinajstić information content (AvgIpc) is 2.70. The number of carbonyl (C=O) groups is 2. The van der Waals surface area contributed by atoms with E-state index in [0.717, 1.165) is 24.2 Å². The highest BCUT2D eigenvalue weighted by atomic mass is 19.2. The minimum absolute atomic E-state index is 0.144. The number of piperazine rings is 1. The van der Waals surface area contributed by atoms with E-state index in [-0.39, 0.29) is 17.3 Å². The molecule has 2 aromatic carbocycles. The lowest BCUT2D eigenvalue weighted by molar-refractivity contribution is 0.0746. The highest BCUT2D eigenvalue weighted by Crippen LogP contribution is 2.19. The Morgan fingerprint density at radius 3 is 2.11 bits per heavy atom. The molecule has 0 unspecified atom stereocenters. The fourth-order valence-electron chi connectivity index (χ4n) is 3.21. The maximum absolute atomic E-state index is 13.3. The molecule has 6 heteroatoms. The summed E-state index contributed by atoms with van der Waals surface area (Å²) in [5.41, 5.74) is 1.87. The molecule has 1 aliphatic heterocycles. The first-order chi connectivity index (χ1) is 13.0. The first-order valence-corrected chi connectivity index (χ1v) is 9.12. The van der Waals surface area contributed by atoms with Crippen molar-refractivity contribution in [2.45, 2.75) is 19.8 Å². The van der Waals surface area contributed by atoms with Gasteiger partial charge in [0.2, 0.25) is 0 Å². The predicted octanol–water partition coefficient (Wildman–Crippen LogP) is 3.91. The van der Waals surface area contributed by atoms with Crippen LogP contribution in [0.4, 0.5) is 14.5 Å². The Morgan fingerprint density at radius 2 is 1.52 bits per heavy atom. The molecule has 1 aliphatic rings. The normalized spacial score (nSPS) is 14.3. The number of halogens is 2. The summed E-state index contributed by atoms with van der Waals surface area (Å²) in [6.07, 6.45) is 1.37. The van der Waals surface area contributed by atoms with Gasteiger partial charge in [0.05, 0.1) is 0 Å². The Hall–Kier alpha value is -2.76. The maximum atomic E-state index is 13.3. The fraction of sp³-hybridized carbons (Fsp3) is 0.333. The first kappa shape index (κ1) is 19.0. The number of rotatable bonds is 5. The van der Waals surface area contributed by atoms with Gasteiger partial charge in [0.1, 0.15) is 0 Å². The van der Waals surface area contributed by atoms with Crippen molar-refractivity contribution in [3.63, 3.8) is 0 Å². The molecule has 3 rings (SSSR count). The van der Waals surface area contributed by atoms with Crippen LogP contribution in [0, 0.1) is 11.6 Å². The molecule has 0 aromatic heterocycles. The molecule has 1 heterocycles. The van der Waals surface area contributed by atoms with E-state index in [1.165, 1.54) is 6.07 Å². The fourth-order valence-corrected chi connectivity index (χ4v) is 3.21. The molecule has 1 fully saturated rings. The summed E-state index contributed by atoms with van der Waals surface area (Å²) < 4.78 is 26.4. The van der Waals surface area contributed by atoms with Gasteiger partial charge in [0.25, 0.3) is 5.91 Å². The third-order valence-electron chi connectivity index (χ3n) is 4.76. The number of hydrogen-bond acceptors (Lipinski definition) is 3. The van der Waals surface area contributed by atoms with Gasteiger partial charge >= 0.3 is 0 Å². The zero-order chi connectivity index (χ0) is 19.4. The molecule has 0 radical (unpaired) electrons. The second-order valence-electron chi connectivity index (χ2n) is 6.63. The lowest BCUT2D eigenvalue weighted by Crippen LogP contribution is -2.48. The van der Waals surface area contributed by atoms with E-state index in [1.54, 1.807) is 4.90 Å². The Balaban J connectivity index is 1.60. The third-order valence-corrected chi connectivity index (χ3v) is 4.76. The van der Waals surface area contributed by atoms with Gasteiger partial charge < -0.3 is 9.80 Å². The van der Waals surface area contributed by atoms with Crippen molar-refractivity contribution in [1.82, 2.24) is 4.90 Å². The first-order valence-electron chi connectivity index (χ1n) is 9.12. The molecule has 1 saturated heterocycles. The number of carbonyl (C=O) groups excluding carboxylic acids is 2. The van der Waals surface area contributed by atoms with E-state index in [1.807, 2.05) is 31.2 Å². The Morgan fingerprint density at radius 1 is 0.889 bits per heavy atom. The van der Waals surface area contributed by atoms with Crippen molar-refractivity contribution in [2.24, 2.45) is 0 Å². The Labute approximate surface area is 157 Å². The smallest absolute Gasteiger partial charge is 0.254 e. The molecule has 27 heavy (non-hydrogen) atoms. The van der Waals surface area contributed by atoms with Crippen LogP contribution in [-0.2, 0) is 0 Å². The van der Waals surface area contributed by atoms with Crippen molar-refractivity contribution in [2.75, 3.05) is 31.1 Å². The van der Waals surface area contributed by atoms with Crippen LogP contribution in [-0.4, -0.2) is 42.8 Å². The molecule has 0 aliphatic carbocycles. The largest absolute Gasteiger partial charge is 0.368 e. The van der Waals surface area contributed by atoms with Crippen LogP contribution < -0.4 is 4.90 Å². The summed E-state index contributed by atoms with van der Waals surface area (Å²) in [5.74, 6) is -2.13. The highest BCUT2D eigenvalue weighted by molar-refractivity contribution is 5.96. The standard InChI is InChI=1S/C21H22F2N2O2/c1-2-3-20(26)15-4-7-17(8-5-15)24-10-12-25(13-11-24)21(27)16-6-9-18(22)19(23)14-16/h4-9,14H,2-3,10-13H2,1H3. The molecule has 0 saturated carbocycles. The number of ketones is 1. The number of amides is 1. The summed E-state index contributed by atoms with van der Waals surface area (Å²) >= 11 is 0. The topological polar surface area (TPSA) is 40.6 Å². The molecule has 1 amide bonds. The van der Waals surface area contributed by atoms with E-state index in [9.17, 15) is 18.4 Å². The zero-order valence-electron chi connectivity index (χ0n) is 15.3. The van der Waals surface area contributed by atoms with E-state index >= 15 is 0 Å². The second-order valence-corrected chi connectivity index (χ2v) is 6.63. The molecule has 0 spiro atoms. The quantitative estimate of drug-likeness (QED) is 0.747. The molecule has 142 valence electrons. The van der Waals surface area contributed by atoms with Crippen LogP contribution in [0.1, 0.15) is 40.5 Å². The summed E-state index contributed by atoms with van der Waals surface area (Å²) in [4.78, 5) is 28.2. The second kappa shape index (κ2) is 8.29. The number of benzene rings is 2. The number of anilines is 1. The van der Waals surface area contributed by atoms with Crippen molar-refractivity contribution in [1.29, 1.82) is 0 Å². The van der Waals surface area contributed by atoms with Crippen LogP contribution in [0.5, 0.6) is 0 Å². The minimum atomic E-state index is -1.02. The molecule has 2 aromatic rings. The number of Topliss-reactive ketones (excluding diaryl/α,β-unsaturated/α-hetero) is 1. The van der Waals surface area contributed by atoms with Crippen LogP contribution in [0.2, 0.25) is 0 Å². The predicted molar refractivity (Wildman–Crippen MR) is 100 cm³/mol. The summed E-state index contributed by atoms with van der Waals surface area (Å²) in [6.45, 7) is 4.24. The van der Waals surface area contributed by atoms with Crippen molar-refractivity contribution in [3.8, 4) is 0 Å². The summed E-state index contributed by atoms with van der Waals surface area (Å²) in [5, 5.41) is 0. The highest BCUT2D eigenvalue weighted by Gasteiger charge is 2.23. The lowest BCUT2D eigenvalue weighted by atomic mass is 10.1. The SMILES string of the molecule is CCCC(=O)c1ccc(N2CCN(C(=O)c3ccc(F)c(F)c3)CC2)cc1. The van der Waals surface area contributed by atoms with Crippen LogP contribution in [0.25, 0.3) is 0 Å². The third kappa shape index (κ3) is 4.32. The van der Waals surface area contributed by atoms with E-state index in [2.05, 4.69) is 4.90 Å². The number of hydrogen-bond donors (Lipinski definition) is 0. The molecule has 0 atom stereocenters. The molecule has 4 nitrogen and oxygen atoms in total. The van der Waals surface area contributed by atoms with Gasteiger partial charge in [-0.25, -0.2) is 8.78 Å². The van der Waals surface area contributed by atoms with Gasteiger partial charge in [-0.1, -0.05) is 6.92 Å². The van der Waals surface area contributed by atoms with Gasteiger partial charge in [-0.3, -0.25) is 9.59 Å². The lowest BCUT2D eigenvalue weighted by Gasteiger charge is -2.36.